The van der Waals surface area contributed by atoms with Gasteiger partial charge in [-0.2, -0.15) is 0 Å². The molecule has 1 aromatic carbocycles. The lowest BCUT2D eigenvalue weighted by molar-refractivity contribution is -0.144. The Morgan fingerprint density at radius 1 is 1.24 bits per heavy atom. The Hall–Kier alpha value is -3.01. The third-order valence-electron chi connectivity index (χ3n) is 3.00. The van der Waals surface area contributed by atoms with Gasteiger partial charge >= 0.3 is 12.1 Å². The molecule has 0 aromatic heterocycles. The molecule has 25 heavy (non-hydrogen) atoms. The quantitative estimate of drug-likeness (QED) is 0.499. The molecule has 0 fully saturated rings. The lowest BCUT2D eigenvalue weighted by Crippen LogP contribution is -2.50. The number of carbonyl (C=O) groups is 3. The number of esters is 1. The van der Waals surface area contributed by atoms with E-state index in [-0.39, 0.29) is 6.54 Å². The molecule has 1 rings (SSSR count). The fraction of sp³-hybridized carbons (Fsp3) is 0.389. The van der Waals surface area contributed by atoms with Gasteiger partial charge in [0.15, 0.2) is 6.04 Å². The van der Waals surface area contributed by atoms with E-state index in [0.717, 1.165) is 4.90 Å². The molecule has 0 bridgehead atoms. The van der Waals surface area contributed by atoms with E-state index in [4.69, 9.17) is 15.9 Å². The van der Waals surface area contributed by atoms with E-state index >= 15 is 0 Å². The highest BCUT2D eigenvalue weighted by Crippen LogP contribution is 2.10. The molecule has 1 N–H and O–H groups in total. The van der Waals surface area contributed by atoms with Crippen LogP contribution in [0, 0.1) is 12.5 Å². The molecule has 1 aromatic rings. The summed E-state index contributed by atoms with van der Waals surface area (Å²) in [5, 5.41) is 2.42. The van der Waals surface area contributed by atoms with E-state index in [1.54, 1.807) is 51.1 Å². The van der Waals surface area contributed by atoms with Crippen molar-refractivity contribution < 1.29 is 23.9 Å². The molecule has 7 heteroatoms. The summed E-state index contributed by atoms with van der Waals surface area (Å²) in [6.07, 6.45) is 4.68. The van der Waals surface area contributed by atoms with E-state index < -0.39 is 29.6 Å². The van der Waals surface area contributed by atoms with Gasteiger partial charge in [-0.1, -0.05) is 24.6 Å². The zero-order valence-electron chi connectivity index (χ0n) is 14.7. The average molecular weight is 346 g/mol. The van der Waals surface area contributed by atoms with E-state index in [9.17, 15) is 14.4 Å². The highest BCUT2D eigenvalue weighted by Gasteiger charge is 2.31. The maximum atomic E-state index is 12.5. The molecule has 7 nitrogen and oxygen atoms in total. The minimum Gasteiger partial charge on any atom is -0.467 e. The predicted molar refractivity (Wildman–Crippen MR) is 91.5 cm³/mol. The van der Waals surface area contributed by atoms with Gasteiger partial charge in [0.05, 0.1) is 13.7 Å². The van der Waals surface area contributed by atoms with Gasteiger partial charge in [0.25, 0.3) is 5.91 Å². The second-order valence-electron chi connectivity index (χ2n) is 6.09. The second kappa shape index (κ2) is 8.73. The van der Waals surface area contributed by atoms with Crippen molar-refractivity contribution in [3.8, 4) is 12.5 Å². The van der Waals surface area contributed by atoms with Crippen LogP contribution >= 0.6 is 0 Å². The van der Waals surface area contributed by atoms with Crippen LogP contribution in [-0.2, 0) is 14.3 Å². The number of alkyl carbamates (subject to hydrolysis) is 1. The number of rotatable bonds is 5. The number of hydrogen-bond donors (Lipinski definition) is 1. The third-order valence-corrected chi connectivity index (χ3v) is 3.00. The van der Waals surface area contributed by atoms with Gasteiger partial charge in [-0.3, -0.25) is 9.69 Å². The number of methoxy groups -OCH3 is 1. The number of hydrogen-bond acceptors (Lipinski definition) is 5. The van der Waals surface area contributed by atoms with Gasteiger partial charge < -0.3 is 14.8 Å². The largest absolute Gasteiger partial charge is 0.467 e. The summed E-state index contributed by atoms with van der Waals surface area (Å²) in [6.45, 7) is 4.87. The van der Waals surface area contributed by atoms with Gasteiger partial charge in [-0.15, -0.1) is 0 Å². The number of ether oxygens (including phenoxy) is 2. The van der Waals surface area contributed by atoms with Crippen molar-refractivity contribution in [2.75, 3.05) is 13.7 Å². The summed E-state index contributed by atoms with van der Waals surface area (Å²) in [5.41, 5.74) is -0.386. The maximum Gasteiger partial charge on any atom is 0.407 e. The molecule has 0 aliphatic heterocycles. The molecule has 0 radical (unpaired) electrons. The standard InChI is InChI=1S/C18H22N2O5/c1-6-20(15(21)13-10-8-7-9-11-13)14(16(22)24-5)12-19-17(23)25-18(2,3)4/h1,7-11,14H,12H2,2-5H3,(H,19,23). The first kappa shape index (κ1) is 20.0. The minimum absolute atomic E-state index is 0.246. The SMILES string of the molecule is C#CN(C(=O)c1ccccc1)C(CNC(=O)OC(C)(C)C)C(=O)OC. The highest BCUT2D eigenvalue weighted by atomic mass is 16.6. The summed E-state index contributed by atoms with van der Waals surface area (Å²) in [7, 11) is 1.17. The van der Waals surface area contributed by atoms with E-state index in [0.29, 0.717) is 5.56 Å². The smallest absolute Gasteiger partial charge is 0.407 e. The van der Waals surface area contributed by atoms with Crippen LogP contribution in [0.2, 0.25) is 0 Å². The molecule has 0 aliphatic rings. The van der Waals surface area contributed by atoms with Crippen LogP contribution in [0.15, 0.2) is 30.3 Å². The van der Waals surface area contributed by atoms with Crippen molar-refractivity contribution in [3.63, 3.8) is 0 Å². The average Bonchev–Trinajstić information content (AvgIpc) is 2.56. The predicted octanol–water partition coefficient (Wildman–Crippen LogP) is 1.79. The van der Waals surface area contributed by atoms with Crippen LogP contribution in [-0.4, -0.2) is 48.2 Å². The van der Waals surface area contributed by atoms with Gasteiger partial charge in [-0.05, 0) is 32.9 Å². The van der Waals surface area contributed by atoms with E-state index in [1.807, 2.05) is 0 Å². The lowest BCUT2D eigenvalue weighted by Gasteiger charge is -2.26. The van der Waals surface area contributed by atoms with Crippen molar-refractivity contribution in [3.05, 3.63) is 35.9 Å². The van der Waals surface area contributed by atoms with Gasteiger partial charge in [0.1, 0.15) is 5.60 Å². The molecule has 0 aliphatic carbocycles. The fourth-order valence-corrected chi connectivity index (χ4v) is 1.92. The van der Waals surface area contributed by atoms with Crippen LogP contribution in [0.25, 0.3) is 0 Å². The summed E-state index contributed by atoms with van der Waals surface area (Å²) in [5.74, 6) is -1.30. The summed E-state index contributed by atoms with van der Waals surface area (Å²) >= 11 is 0. The van der Waals surface area contributed by atoms with Crippen LogP contribution < -0.4 is 5.32 Å². The first-order valence-electron chi connectivity index (χ1n) is 7.59. The van der Waals surface area contributed by atoms with Crippen LogP contribution in [0.3, 0.4) is 0 Å². The van der Waals surface area contributed by atoms with Crippen LogP contribution in [0.4, 0.5) is 4.79 Å². The molecule has 1 unspecified atom stereocenters. The first-order chi connectivity index (χ1) is 11.7. The molecule has 0 spiro atoms. The number of benzene rings is 1. The highest BCUT2D eigenvalue weighted by molar-refractivity contribution is 5.98. The summed E-state index contributed by atoms with van der Waals surface area (Å²) < 4.78 is 9.80. The Labute approximate surface area is 147 Å². The monoisotopic (exact) mass is 346 g/mol. The lowest BCUT2D eigenvalue weighted by atomic mass is 10.1. The van der Waals surface area contributed by atoms with Crippen LogP contribution in [0.1, 0.15) is 31.1 Å². The molecule has 0 saturated carbocycles. The number of nitrogens with zero attached hydrogens (tertiary/aromatic N) is 1. The van der Waals surface area contributed by atoms with Crippen molar-refractivity contribution in [2.24, 2.45) is 0 Å². The van der Waals surface area contributed by atoms with Gasteiger partial charge in [-0.25, -0.2) is 9.59 Å². The summed E-state index contributed by atoms with van der Waals surface area (Å²) in [4.78, 5) is 37.3. The van der Waals surface area contributed by atoms with E-state index in [2.05, 4.69) is 11.4 Å². The Kier molecular flexibility index (Phi) is 7.00. The van der Waals surface area contributed by atoms with Gasteiger partial charge in [0, 0.05) is 11.6 Å². The van der Waals surface area contributed by atoms with Crippen molar-refractivity contribution >= 4 is 18.0 Å². The minimum atomic E-state index is -1.18. The number of carbonyl (C=O) groups excluding carboxylic acids is 3. The van der Waals surface area contributed by atoms with E-state index in [1.165, 1.54) is 7.11 Å². The molecular formula is C18H22N2O5. The molecule has 134 valence electrons. The van der Waals surface area contributed by atoms with Gasteiger partial charge in [0.2, 0.25) is 0 Å². The zero-order valence-corrected chi connectivity index (χ0v) is 14.7. The number of nitrogens with one attached hydrogen (secondary N) is 1. The fourth-order valence-electron chi connectivity index (χ4n) is 1.92. The summed E-state index contributed by atoms with van der Waals surface area (Å²) in [6, 6.07) is 9.24. The van der Waals surface area contributed by atoms with Crippen LogP contribution in [0.5, 0.6) is 0 Å². The third kappa shape index (κ3) is 6.18. The second-order valence-corrected chi connectivity index (χ2v) is 6.09. The number of amides is 2. The molecular weight excluding hydrogens is 324 g/mol. The van der Waals surface area contributed by atoms with Crippen molar-refractivity contribution in [2.45, 2.75) is 32.4 Å². The maximum absolute atomic E-state index is 12.5. The Balaban J connectivity index is 2.93. The van der Waals surface area contributed by atoms with Crippen molar-refractivity contribution in [1.82, 2.24) is 10.2 Å². The number of terminal acetylenes is 1. The zero-order chi connectivity index (χ0) is 19.0. The normalized spacial score (nSPS) is 11.6. The molecule has 2 amide bonds. The Morgan fingerprint density at radius 2 is 1.84 bits per heavy atom. The Bertz CT molecular complexity index is 658. The topological polar surface area (TPSA) is 84.9 Å². The molecule has 1 atom stereocenters. The molecule has 0 saturated heterocycles. The Morgan fingerprint density at radius 3 is 2.32 bits per heavy atom. The van der Waals surface area contributed by atoms with Crippen molar-refractivity contribution in [1.29, 1.82) is 0 Å². The first-order valence-corrected chi connectivity index (χ1v) is 7.59. The molecule has 0 heterocycles.